The van der Waals surface area contributed by atoms with E-state index in [0.29, 0.717) is 13.2 Å². The summed E-state index contributed by atoms with van der Waals surface area (Å²) in [6, 6.07) is 6.55. The fraction of sp³-hybridized carbons (Fsp3) is 0.474. The van der Waals surface area contributed by atoms with E-state index in [9.17, 15) is 18.0 Å². The highest BCUT2D eigenvalue weighted by atomic mass is 79.9. The van der Waals surface area contributed by atoms with Crippen LogP contribution in [0.4, 0.5) is 19.0 Å². The molecule has 0 bridgehead atoms. The van der Waals surface area contributed by atoms with Crippen LogP contribution in [0.2, 0.25) is 0 Å². The minimum Gasteiger partial charge on any atom is -0.376 e. The minimum absolute atomic E-state index is 0.0709. The van der Waals surface area contributed by atoms with E-state index in [-0.39, 0.29) is 28.5 Å². The van der Waals surface area contributed by atoms with Gasteiger partial charge in [0.2, 0.25) is 0 Å². The number of anilines is 1. The van der Waals surface area contributed by atoms with Crippen LogP contribution in [0.25, 0.3) is 0 Å². The maximum Gasteiger partial charge on any atom is 0.410 e. The van der Waals surface area contributed by atoms with E-state index in [1.54, 1.807) is 24.3 Å². The summed E-state index contributed by atoms with van der Waals surface area (Å²) in [4.78, 5) is 12.6. The zero-order valence-electron chi connectivity index (χ0n) is 15.4. The number of benzene rings is 1. The standard InChI is InChI=1S/C19H20BrF3N4O2/c20-15-16(18(28)24-10-12-7-4-8-29-12)26-27-14(19(21,22)23)9-13(25-17(15)27)11-5-2-1-3-6-11/h1-3,5-6,12-14,25H,4,7-10H2,(H,24,28)/t12-,13+,14+/m0/s1. The molecular formula is C19H20BrF3N4O2. The predicted molar refractivity (Wildman–Crippen MR) is 104 cm³/mol. The number of halogens is 4. The van der Waals surface area contributed by atoms with Crippen molar-refractivity contribution in [3.8, 4) is 0 Å². The molecule has 156 valence electrons. The zero-order chi connectivity index (χ0) is 20.6. The van der Waals surface area contributed by atoms with Crippen LogP contribution in [0, 0.1) is 0 Å². The molecule has 3 atom stereocenters. The highest BCUT2D eigenvalue weighted by molar-refractivity contribution is 9.10. The van der Waals surface area contributed by atoms with Crippen molar-refractivity contribution in [2.75, 3.05) is 18.5 Å². The van der Waals surface area contributed by atoms with E-state index in [1.165, 1.54) is 0 Å². The topological polar surface area (TPSA) is 68.2 Å². The second-order valence-electron chi connectivity index (χ2n) is 7.20. The van der Waals surface area contributed by atoms with Crippen molar-refractivity contribution in [1.29, 1.82) is 0 Å². The van der Waals surface area contributed by atoms with Crippen molar-refractivity contribution in [1.82, 2.24) is 15.1 Å². The number of rotatable bonds is 4. The van der Waals surface area contributed by atoms with E-state index >= 15 is 0 Å². The molecule has 1 amide bonds. The van der Waals surface area contributed by atoms with Crippen molar-refractivity contribution in [3.63, 3.8) is 0 Å². The van der Waals surface area contributed by atoms with Crippen molar-refractivity contribution >= 4 is 27.7 Å². The number of aromatic nitrogens is 2. The number of carbonyl (C=O) groups is 1. The predicted octanol–water partition coefficient (Wildman–Crippen LogP) is 4.21. The van der Waals surface area contributed by atoms with Crippen LogP contribution in [0.1, 0.15) is 47.4 Å². The maximum atomic E-state index is 13.8. The Hall–Kier alpha value is -2.07. The molecule has 1 fully saturated rings. The lowest BCUT2D eigenvalue weighted by atomic mass is 9.97. The third-order valence-electron chi connectivity index (χ3n) is 5.23. The third-order valence-corrected chi connectivity index (χ3v) is 5.98. The van der Waals surface area contributed by atoms with E-state index < -0.39 is 24.2 Å². The van der Waals surface area contributed by atoms with E-state index in [1.807, 2.05) is 6.07 Å². The Morgan fingerprint density at radius 3 is 2.76 bits per heavy atom. The average molecular weight is 473 g/mol. The highest BCUT2D eigenvalue weighted by Gasteiger charge is 2.47. The summed E-state index contributed by atoms with van der Waals surface area (Å²) in [6.45, 7) is 0.956. The highest BCUT2D eigenvalue weighted by Crippen LogP contribution is 2.46. The van der Waals surface area contributed by atoms with Crippen LogP contribution in [0.3, 0.4) is 0 Å². The quantitative estimate of drug-likeness (QED) is 0.698. The minimum atomic E-state index is -4.50. The molecule has 0 spiro atoms. The molecule has 0 saturated carbocycles. The van der Waals surface area contributed by atoms with E-state index in [0.717, 1.165) is 23.1 Å². The van der Waals surface area contributed by atoms with Gasteiger partial charge >= 0.3 is 6.18 Å². The molecule has 2 N–H and O–H groups in total. The number of alkyl halides is 3. The molecule has 0 unspecified atom stereocenters. The second-order valence-corrected chi connectivity index (χ2v) is 7.99. The van der Waals surface area contributed by atoms with Gasteiger partial charge in [0, 0.05) is 19.6 Å². The van der Waals surface area contributed by atoms with Crippen molar-refractivity contribution in [2.45, 2.75) is 43.6 Å². The number of hydrogen-bond acceptors (Lipinski definition) is 4. The monoisotopic (exact) mass is 472 g/mol. The van der Waals surface area contributed by atoms with Crippen molar-refractivity contribution in [2.24, 2.45) is 0 Å². The Morgan fingerprint density at radius 2 is 2.10 bits per heavy atom. The number of hydrogen-bond donors (Lipinski definition) is 2. The molecular weight excluding hydrogens is 453 g/mol. The number of nitrogens with zero attached hydrogens (tertiary/aromatic N) is 2. The molecule has 1 aromatic heterocycles. The lowest BCUT2D eigenvalue weighted by Crippen LogP contribution is -2.36. The Morgan fingerprint density at radius 1 is 1.34 bits per heavy atom. The van der Waals surface area contributed by atoms with Gasteiger partial charge in [-0.3, -0.25) is 4.79 Å². The summed E-state index contributed by atoms with van der Waals surface area (Å²) in [5.74, 6) is -0.386. The summed E-state index contributed by atoms with van der Waals surface area (Å²) in [5.41, 5.74) is 0.666. The molecule has 2 aromatic rings. The van der Waals surface area contributed by atoms with Gasteiger partial charge in [0.15, 0.2) is 11.7 Å². The number of amides is 1. The summed E-state index contributed by atoms with van der Waals surface area (Å²) >= 11 is 3.28. The van der Waals surface area contributed by atoms with Gasteiger partial charge in [-0.05, 0) is 34.3 Å². The zero-order valence-corrected chi connectivity index (χ0v) is 17.0. The molecule has 1 aromatic carbocycles. The van der Waals surface area contributed by atoms with Gasteiger partial charge in [-0.15, -0.1) is 0 Å². The lowest BCUT2D eigenvalue weighted by molar-refractivity contribution is -0.173. The molecule has 0 aliphatic carbocycles. The van der Waals surface area contributed by atoms with Gasteiger partial charge in [-0.1, -0.05) is 30.3 Å². The molecule has 1 saturated heterocycles. The molecule has 10 heteroatoms. The first-order valence-electron chi connectivity index (χ1n) is 9.40. The van der Waals surface area contributed by atoms with Gasteiger partial charge in [0.1, 0.15) is 5.82 Å². The fourth-order valence-corrected chi connectivity index (χ4v) is 4.29. The molecule has 0 radical (unpaired) electrons. The summed E-state index contributed by atoms with van der Waals surface area (Å²) in [5, 5.41) is 9.82. The number of ether oxygens (including phenoxy) is 1. The normalized spacial score (nSPS) is 24.1. The Bertz CT molecular complexity index is 882. The summed E-state index contributed by atoms with van der Waals surface area (Å²) < 4.78 is 47.9. The first-order chi connectivity index (χ1) is 13.8. The largest absolute Gasteiger partial charge is 0.410 e. The number of fused-ring (bicyclic) bond motifs is 1. The second kappa shape index (κ2) is 7.98. The molecule has 4 rings (SSSR count). The first kappa shape index (κ1) is 20.2. The van der Waals surface area contributed by atoms with Gasteiger partial charge in [-0.2, -0.15) is 18.3 Å². The number of carbonyl (C=O) groups excluding carboxylic acids is 1. The summed E-state index contributed by atoms with van der Waals surface area (Å²) in [7, 11) is 0. The van der Waals surface area contributed by atoms with Crippen LogP contribution in [-0.2, 0) is 4.74 Å². The van der Waals surface area contributed by atoms with E-state index in [2.05, 4.69) is 31.7 Å². The fourth-order valence-electron chi connectivity index (χ4n) is 3.73. The maximum absolute atomic E-state index is 13.8. The summed E-state index contributed by atoms with van der Waals surface area (Å²) in [6.07, 6.45) is -3.01. The van der Waals surface area contributed by atoms with Gasteiger partial charge in [-0.25, -0.2) is 4.68 Å². The van der Waals surface area contributed by atoms with Crippen LogP contribution in [0.5, 0.6) is 0 Å². The molecule has 6 nitrogen and oxygen atoms in total. The van der Waals surface area contributed by atoms with Crippen LogP contribution in [0.15, 0.2) is 34.8 Å². The molecule has 2 aliphatic rings. The Balaban J connectivity index is 1.62. The number of nitrogens with one attached hydrogen (secondary N) is 2. The smallest absolute Gasteiger partial charge is 0.376 e. The average Bonchev–Trinajstić information content (AvgIpc) is 3.33. The first-order valence-corrected chi connectivity index (χ1v) is 10.2. The Kier molecular flexibility index (Phi) is 5.56. The van der Waals surface area contributed by atoms with Crippen molar-refractivity contribution in [3.05, 3.63) is 46.1 Å². The lowest BCUT2D eigenvalue weighted by Gasteiger charge is -2.33. The molecule has 2 aliphatic heterocycles. The molecule has 29 heavy (non-hydrogen) atoms. The van der Waals surface area contributed by atoms with Gasteiger partial charge in [0.05, 0.1) is 16.6 Å². The Labute approximate surface area is 173 Å². The van der Waals surface area contributed by atoms with Crippen LogP contribution in [-0.4, -0.2) is 41.1 Å². The van der Waals surface area contributed by atoms with Crippen molar-refractivity contribution < 1.29 is 22.7 Å². The van der Waals surface area contributed by atoms with Gasteiger partial charge < -0.3 is 15.4 Å². The third kappa shape index (κ3) is 4.13. The SMILES string of the molecule is O=C(NC[C@@H]1CCCO1)c1nn2c(c1Br)N[C@@H](c1ccccc1)C[C@@H]2C(F)(F)F. The van der Waals surface area contributed by atoms with Crippen LogP contribution < -0.4 is 10.6 Å². The molecule has 3 heterocycles. The van der Waals surface area contributed by atoms with Crippen LogP contribution >= 0.6 is 15.9 Å². The van der Waals surface area contributed by atoms with Gasteiger partial charge in [0.25, 0.3) is 5.91 Å². The van der Waals surface area contributed by atoms with E-state index in [4.69, 9.17) is 4.74 Å².